The number of carbonyl (C=O) groups is 1. The zero-order valence-corrected chi connectivity index (χ0v) is 24.2. The molecule has 0 unspecified atom stereocenters. The van der Waals surface area contributed by atoms with Crippen LogP contribution in [-0.4, -0.2) is 41.1 Å². The van der Waals surface area contributed by atoms with Gasteiger partial charge in [0.25, 0.3) is 0 Å². The molecule has 1 aromatic rings. The Labute approximate surface area is 230 Å². The van der Waals surface area contributed by atoms with Crippen molar-refractivity contribution in [2.45, 2.75) is 123 Å². The summed E-state index contributed by atoms with van der Waals surface area (Å²) in [5.74, 6) is 3.16. The number of fused-ring (bicyclic) bond motifs is 2. The fraction of sp³-hybridized carbons (Fsp3) is 0.788. The Morgan fingerprint density at radius 3 is 2.68 bits per heavy atom. The maximum atomic E-state index is 12.8. The van der Waals surface area contributed by atoms with Gasteiger partial charge in [-0.15, -0.1) is 0 Å². The van der Waals surface area contributed by atoms with Gasteiger partial charge in [0.1, 0.15) is 11.9 Å². The standard InChI is InChI=1S/C33H52O5/c1-5-6-7-10-25(34)13-15-27-28-17-23-9-8-11-31(29(23)18-24(28)19-30(27)35)37-20-33(36)38-32-16-22(4)12-14-26(32)21(2)3/h8-9,11,21-22,24-28,30,32,34-35H,5-7,10,12-20H2,1-4H3/t22-,24+,25+,26+,27-,28+,30-,32-/m1/s1. The highest BCUT2D eigenvalue weighted by Gasteiger charge is 2.45. The van der Waals surface area contributed by atoms with E-state index < -0.39 is 0 Å². The molecule has 2 N–H and O–H groups in total. The van der Waals surface area contributed by atoms with Crippen molar-refractivity contribution in [2.24, 2.45) is 35.5 Å². The molecule has 0 aromatic heterocycles. The topological polar surface area (TPSA) is 76.0 Å². The molecule has 8 atom stereocenters. The van der Waals surface area contributed by atoms with E-state index in [9.17, 15) is 15.0 Å². The van der Waals surface area contributed by atoms with E-state index in [-0.39, 0.29) is 36.8 Å². The van der Waals surface area contributed by atoms with Gasteiger partial charge in [0.15, 0.2) is 6.61 Å². The quantitative estimate of drug-likeness (QED) is 0.239. The Hall–Kier alpha value is -1.59. The summed E-state index contributed by atoms with van der Waals surface area (Å²) < 4.78 is 12.0. The minimum atomic E-state index is -0.298. The van der Waals surface area contributed by atoms with Crippen LogP contribution in [0.3, 0.4) is 0 Å². The number of carbonyl (C=O) groups excluding carboxylic acids is 1. The molecule has 0 heterocycles. The van der Waals surface area contributed by atoms with Crippen LogP contribution in [0.5, 0.6) is 5.75 Å². The maximum Gasteiger partial charge on any atom is 0.344 e. The van der Waals surface area contributed by atoms with Gasteiger partial charge >= 0.3 is 5.97 Å². The summed E-state index contributed by atoms with van der Waals surface area (Å²) in [6, 6.07) is 6.17. The number of hydrogen-bond acceptors (Lipinski definition) is 5. The monoisotopic (exact) mass is 528 g/mol. The number of esters is 1. The van der Waals surface area contributed by atoms with E-state index in [1.54, 1.807) is 0 Å². The van der Waals surface area contributed by atoms with Gasteiger partial charge in [0.2, 0.25) is 0 Å². The molecule has 2 saturated carbocycles. The molecule has 0 amide bonds. The highest BCUT2D eigenvalue weighted by atomic mass is 16.6. The van der Waals surface area contributed by atoms with Crippen molar-refractivity contribution < 1.29 is 24.5 Å². The number of unbranched alkanes of at least 4 members (excludes halogenated alkanes) is 2. The van der Waals surface area contributed by atoms with E-state index in [0.29, 0.717) is 29.6 Å². The first-order valence-corrected chi connectivity index (χ1v) is 15.6. The first kappa shape index (κ1) is 29.4. The van der Waals surface area contributed by atoms with Gasteiger partial charge in [-0.3, -0.25) is 0 Å². The number of hydrogen-bond donors (Lipinski definition) is 2. The van der Waals surface area contributed by atoms with Crippen molar-refractivity contribution in [1.29, 1.82) is 0 Å². The van der Waals surface area contributed by atoms with Crippen molar-refractivity contribution in [1.82, 2.24) is 0 Å². The van der Waals surface area contributed by atoms with Crippen LogP contribution < -0.4 is 4.74 Å². The number of aliphatic hydroxyl groups is 2. The number of ether oxygens (including phenoxy) is 2. The summed E-state index contributed by atoms with van der Waals surface area (Å²) in [6.07, 6.45) is 11.3. The summed E-state index contributed by atoms with van der Waals surface area (Å²) in [5.41, 5.74) is 2.47. The lowest BCUT2D eigenvalue weighted by atomic mass is 9.73. The van der Waals surface area contributed by atoms with Gasteiger partial charge in [-0.2, -0.15) is 0 Å². The van der Waals surface area contributed by atoms with Crippen LogP contribution in [0.4, 0.5) is 0 Å². The van der Waals surface area contributed by atoms with Gasteiger partial charge in [-0.05, 0) is 104 Å². The molecule has 3 aliphatic rings. The van der Waals surface area contributed by atoms with Crippen LogP contribution in [0.25, 0.3) is 0 Å². The lowest BCUT2D eigenvalue weighted by Crippen LogP contribution is -2.37. The third-order valence-electron chi connectivity index (χ3n) is 9.91. The van der Waals surface area contributed by atoms with Crippen LogP contribution >= 0.6 is 0 Å². The molecule has 38 heavy (non-hydrogen) atoms. The Morgan fingerprint density at radius 1 is 1.11 bits per heavy atom. The first-order valence-electron chi connectivity index (χ1n) is 15.6. The molecule has 2 fully saturated rings. The molecule has 4 rings (SSSR count). The van der Waals surface area contributed by atoms with E-state index >= 15 is 0 Å². The fourth-order valence-electron chi connectivity index (χ4n) is 7.69. The van der Waals surface area contributed by atoms with Crippen LogP contribution in [-0.2, 0) is 22.4 Å². The summed E-state index contributed by atoms with van der Waals surface area (Å²) in [4.78, 5) is 12.8. The molecule has 214 valence electrons. The highest BCUT2D eigenvalue weighted by molar-refractivity contribution is 5.71. The molecule has 0 spiro atoms. The molecule has 0 aliphatic heterocycles. The van der Waals surface area contributed by atoms with Crippen LogP contribution in [0.1, 0.15) is 103 Å². The highest BCUT2D eigenvalue weighted by Crippen LogP contribution is 2.48. The predicted molar refractivity (Wildman–Crippen MR) is 151 cm³/mol. The molecule has 1 aromatic carbocycles. The van der Waals surface area contributed by atoms with Gasteiger partial charge < -0.3 is 19.7 Å². The SMILES string of the molecule is CCCCC[C@H](O)CC[C@@H]1[C@H]2Cc3cccc(OCC(=O)O[C@@H]4C[C@H](C)CC[C@H]4C(C)C)c3C[C@H]2C[C@H]1O. The lowest BCUT2D eigenvalue weighted by Gasteiger charge is -2.36. The molecular weight excluding hydrogens is 476 g/mol. The average Bonchev–Trinajstić information content (AvgIpc) is 3.18. The van der Waals surface area contributed by atoms with Crippen LogP contribution in [0, 0.1) is 35.5 Å². The Kier molecular flexibility index (Phi) is 10.6. The Balaban J connectivity index is 1.33. The van der Waals surface area contributed by atoms with Gasteiger partial charge in [0, 0.05) is 0 Å². The van der Waals surface area contributed by atoms with Crippen LogP contribution in [0.2, 0.25) is 0 Å². The van der Waals surface area contributed by atoms with Crippen molar-refractivity contribution in [2.75, 3.05) is 6.61 Å². The molecule has 0 radical (unpaired) electrons. The normalized spacial score (nSPS) is 31.5. The van der Waals surface area contributed by atoms with Crippen molar-refractivity contribution in [3.05, 3.63) is 29.3 Å². The smallest absolute Gasteiger partial charge is 0.344 e. The summed E-state index contributed by atoms with van der Waals surface area (Å²) in [6.45, 7) is 8.83. The average molecular weight is 529 g/mol. The molecule has 5 heteroatoms. The molecule has 3 aliphatic carbocycles. The summed E-state index contributed by atoms with van der Waals surface area (Å²) >= 11 is 0. The van der Waals surface area contributed by atoms with E-state index in [1.807, 2.05) is 12.1 Å². The van der Waals surface area contributed by atoms with Crippen molar-refractivity contribution in [3.8, 4) is 5.75 Å². The number of rotatable bonds is 12. The minimum absolute atomic E-state index is 0.0117. The minimum Gasteiger partial charge on any atom is -0.482 e. The van der Waals surface area contributed by atoms with Crippen LogP contribution in [0.15, 0.2) is 18.2 Å². The zero-order chi connectivity index (χ0) is 27.2. The summed E-state index contributed by atoms with van der Waals surface area (Å²) in [5, 5.41) is 21.4. The fourth-order valence-corrected chi connectivity index (χ4v) is 7.69. The first-order chi connectivity index (χ1) is 18.3. The van der Waals surface area contributed by atoms with E-state index in [4.69, 9.17) is 9.47 Å². The van der Waals surface area contributed by atoms with Crippen molar-refractivity contribution >= 4 is 5.97 Å². The summed E-state index contributed by atoms with van der Waals surface area (Å²) in [7, 11) is 0. The van der Waals surface area contributed by atoms with Gasteiger partial charge in [0.05, 0.1) is 12.2 Å². The third kappa shape index (κ3) is 7.33. The molecule has 0 saturated heterocycles. The Morgan fingerprint density at radius 2 is 1.92 bits per heavy atom. The second kappa shape index (κ2) is 13.7. The predicted octanol–water partition coefficient (Wildman–Crippen LogP) is 6.50. The number of aliphatic hydroxyl groups excluding tert-OH is 2. The second-order valence-corrected chi connectivity index (χ2v) is 13.1. The second-order valence-electron chi connectivity index (χ2n) is 13.1. The van der Waals surface area contributed by atoms with E-state index in [2.05, 4.69) is 33.8 Å². The van der Waals surface area contributed by atoms with Gasteiger partial charge in [-0.1, -0.05) is 65.5 Å². The number of benzene rings is 1. The molecule has 5 nitrogen and oxygen atoms in total. The maximum absolute atomic E-state index is 12.8. The molecule has 0 bridgehead atoms. The third-order valence-corrected chi connectivity index (χ3v) is 9.91. The zero-order valence-electron chi connectivity index (χ0n) is 24.2. The van der Waals surface area contributed by atoms with Crippen molar-refractivity contribution in [3.63, 3.8) is 0 Å². The molecular formula is C33H52O5. The largest absolute Gasteiger partial charge is 0.482 e. The van der Waals surface area contributed by atoms with E-state index in [0.717, 1.165) is 63.5 Å². The Bertz CT molecular complexity index is 897. The van der Waals surface area contributed by atoms with Gasteiger partial charge in [-0.25, -0.2) is 4.79 Å². The lowest BCUT2D eigenvalue weighted by molar-refractivity contribution is -0.158. The van der Waals surface area contributed by atoms with E-state index in [1.165, 1.54) is 30.4 Å².